The van der Waals surface area contributed by atoms with Crippen molar-refractivity contribution < 1.29 is 17.4 Å². The topological polar surface area (TPSA) is 0 Å². The second kappa shape index (κ2) is 9.19. The fourth-order valence-corrected chi connectivity index (χ4v) is 0.791. The van der Waals surface area contributed by atoms with E-state index in [2.05, 4.69) is 12.2 Å². The molecule has 0 nitrogen and oxygen atoms in total. The minimum Gasteiger partial charge on any atom is -0.271 e. The molecule has 66 valence electrons. The predicted octanol–water partition coefficient (Wildman–Crippen LogP) is 3.26. The van der Waals surface area contributed by atoms with E-state index >= 15 is 0 Å². The number of hydrogen-bond donors (Lipinski definition) is 0. The zero-order valence-corrected chi connectivity index (χ0v) is 8.66. The molecule has 0 saturated carbocycles. The van der Waals surface area contributed by atoms with E-state index < -0.39 is 0 Å². The monoisotopic (exact) mass is 208 g/mol. The van der Waals surface area contributed by atoms with Crippen LogP contribution in [0.5, 0.6) is 0 Å². The van der Waals surface area contributed by atoms with Crippen molar-refractivity contribution in [3.8, 4) is 0 Å². The third-order valence-electron chi connectivity index (χ3n) is 1.36. The van der Waals surface area contributed by atoms with Crippen LogP contribution >= 0.6 is 0 Å². The van der Waals surface area contributed by atoms with Gasteiger partial charge in [-0.25, -0.2) is 24.3 Å². The molecule has 0 N–H and O–H groups in total. The smallest absolute Gasteiger partial charge is 0.271 e. The second-order valence-corrected chi connectivity index (χ2v) is 2.35. The standard InChI is InChI=1S/C7H7.C5H5.Cr/c1-2-4-6-7-5-3-1;1-2-4-5-3-1;/h1-5H,6H2;1-5H;/q2*-1;+2. The van der Waals surface area contributed by atoms with Crippen LogP contribution in [0.4, 0.5) is 0 Å². The fourth-order valence-electron chi connectivity index (χ4n) is 0.791. The molecule has 0 aliphatic heterocycles. The second-order valence-electron chi connectivity index (χ2n) is 2.35. The molecule has 13 heavy (non-hydrogen) atoms. The molecular weight excluding hydrogens is 196 g/mol. The maximum atomic E-state index is 3.05. The molecule has 0 atom stereocenters. The Labute approximate surface area is 90.8 Å². The van der Waals surface area contributed by atoms with E-state index in [0.717, 1.165) is 6.42 Å². The summed E-state index contributed by atoms with van der Waals surface area (Å²) in [6.45, 7) is 0. The summed E-state index contributed by atoms with van der Waals surface area (Å²) in [6.07, 6.45) is 14.0. The number of hydrogen-bond acceptors (Lipinski definition) is 0. The van der Waals surface area contributed by atoms with Crippen molar-refractivity contribution >= 4 is 0 Å². The molecule has 0 amide bonds. The molecular formula is C12H12Cr. The minimum atomic E-state index is 0. The quantitative estimate of drug-likeness (QED) is 0.574. The first-order valence-corrected chi connectivity index (χ1v) is 4.05. The Morgan fingerprint density at radius 2 is 1.77 bits per heavy atom. The third kappa shape index (κ3) is 7.46. The van der Waals surface area contributed by atoms with Crippen molar-refractivity contribution in [1.29, 1.82) is 0 Å². The van der Waals surface area contributed by atoms with Gasteiger partial charge in [-0.3, -0.25) is 6.08 Å². The molecule has 2 rings (SSSR count). The van der Waals surface area contributed by atoms with Crippen LogP contribution in [0.3, 0.4) is 0 Å². The van der Waals surface area contributed by atoms with Crippen molar-refractivity contribution in [3.05, 3.63) is 66.8 Å². The zero-order chi connectivity index (χ0) is 8.49. The Bertz CT molecular complexity index is 221. The van der Waals surface area contributed by atoms with Crippen molar-refractivity contribution in [2.75, 3.05) is 0 Å². The van der Waals surface area contributed by atoms with Gasteiger partial charge in [0.15, 0.2) is 0 Å². The van der Waals surface area contributed by atoms with E-state index in [0.29, 0.717) is 0 Å². The van der Waals surface area contributed by atoms with E-state index in [1.54, 1.807) is 0 Å². The Balaban J connectivity index is 0.000000215. The Hall–Kier alpha value is -0.898. The van der Waals surface area contributed by atoms with Gasteiger partial charge in [-0.1, -0.05) is 18.6 Å². The van der Waals surface area contributed by atoms with Crippen LogP contribution in [0.2, 0.25) is 0 Å². The summed E-state index contributed by atoms with van der Waals surface area (Å²) in [4.78, 5) is 0. The van der Waals surface area contributed by atoms with E-state index in [9.17, 15) is 0 Å². The molecule has 0 fully saturated rings. The van der Waals surface area contributed by atoms with Gasteiger partial charge in [-0.15, -0.1) is 6.08 Å². The van der Waals surface area contributed by atoms with Gasteiger partial charge in [0.1, 0.15) is 0 Å². The molecule has 0 aromatic heterocycles. The first-order chi connectivity index (χ1) is 6.00. The summed E-state index contributed by atoms with van der Waals surface area (Å²) < 4.78 is 0. The SMILES string of the molecule is [C-]1=CC=CC=CC1.[Cr+2].c1cc[cH-]c1. The van der Waals surface area contributed by atoms with Crippen LogP contribution < -0.4 is 0 Å². The maximum absolute atomic E-state index is 3.05. The van der Waals surface area contributed by atoms with Gasteiger partial charge in [0.2, 0.25) is 0 Å². The molecule has 0 unspecified atom stereocenters. The number of rotatable bonds is 0. The Morgan fingerprint density at radius 3 is 2.38 bits per heavy atom. The normalized spacial score (nSPS) is 12.3. The van der Waals surface area contributed by atoms with Crippen LogP contribution in [-0.4, -0.2) is 0 Å². The van der Waals surface area contributed by atoms with E-state index in [4.69, 9.17) is 0 Å². The Kier molecular flexibility index (Phi) is 8.56. The summed E-state index contributed by atoms with van der Waals surface area (Å²) in [5, 5.41) is 0. The first kappa shape index (κ1) is 12.1. The molecule has 0 spiro atoms. The van der Waals surface area contributed by atoms with Crippen LogP contribution in [0.1, 0.15) is 6.42 Å². The van der Waals surface area contributed by atoms with Crippen molar-refractivity contribution in [2.45, 2.75) is 6.42 Å². The van der Waals surface area contributed by atoms with Gasteiger partial charge >= 0.3 is 17.4 Å². The van der Waals surface area contributed by atoms with Gasteiger partial charge in [0.05, 0.1) is 0 Å². The molecule has 1 aliphatic carbocycles. The average molecular weight is 208 g/mol. The average Bonchev–Trinajstić information content (AvgIpc) is 2.54. The van der Waals surface area contributed by atoms with Crippen LogP contribution in [0, 0.1) is 6.08 Å². The summed E-state index contributed by atoms with van der Waals surface area (Å²) in [5.41, 5.74) is 0. The Morgan fingerprint density at radius 1 is 1.00 bits per heavy atom. The van der Waals surface area contributed by atoms with Crippen LogP contribution in [-0.2, 0) is 17.4 Å². The van der Waals surface area contributed by atoms with Crippen molar-refractivity contribution in [2.24, 2.45) is 0 Å². The molecule has 1 aromatic rings. The van der Waals surface area contributed by atoms with Gasteiger partial charge < -0.3 is 0 Å². The van der Waals surface area contributed by atoms with Gasteiger partial charge in [-0.05, 0) is 0 Å². The maximum Gasteiger partial charge on any atom is 2.00 e. The molecule has 1 heteroatoms. The molecule has 1 aromatic carbocycles. The summed E-state index contributed by atoms with van der Waals surface area (Å²) in [6, 6.07) is 10.0. The zero-order valence-electron chi connectivity index (χ0n) is 7.39. The molecule has 0 radical (unpaired) electrons. The van der Waals surface area contributed by atoms with Crippen LogP contribution in [0.25, 0.3) is 0 Å². The minimum absolute atomic E-state index is 0. The van der Waals surface area contributed by atoms with Gasteiger partial charge in [-0.2, -0.15) is 18.2 Å². The number of allylic oxidation sites excluding steroid dienone is 6. The molecule has 0 heterocycles. The largest absolute Gasteiger partial charge is 2.00 e. The van der Waals surface area contributed by atoms with Gasteiger partial charge in [0.25, 0.3) is 0 Å². The fraction of sp³-hybridized carbons (Fsp3) is 0.0833. The van der Waals surface area contributed by atoms with Crippen molar-refractivity contribution in [3.63, 3.8) is 0 Å². The first-order valence-electron chi connectivity index (χ1n) is 4.05. The van der Waals surface area contributed by atoms with Crippen molar-refractivity contribution in [1.82, 2.24) is 0 Å². The van der Waals surface area contributed by atoms with E-state index in [1.165, 1.54) is 0 Å². The third-order valence-corrected chi connectivity index (χ3v) is 1.36. The summed E-state index contributed by atoms with van der Waals surface area (Å²) in [5.74, 6) is 0. The molecule has 0 saturated heterocycles. The van der Waals surface area contributed by atoms with Gasteiger partial charge in [0, 0.05) is 0 Å². The summed E-state index contributed by atoms with van der Waals surface area (Å²) >= 11 is 0. The van der Waals surface area contributed by atoms with Crippen LogP contribution in [0.15, 0.2) is 60.7 Å². The predicted molar refractivity (Wildman–Crippen MR) is 52.7 cm³/mol. The summed E-state index contributed by atoms with van der Waals surface area (Å²) in [7, 11) is 0. The van der Waals surface area contributed by atoms with E-state index in [1.807, 2.05) is 54.6 Å². The van der Waals surface area contributed by atoms with E-state index in [-0.39, 0.29) is 17.4 Å². The molecule has 1 aliphatic rings. The molecule has 0 bridgehead atoms.